The number of aryl methyl sites for hydroxylation is 1. The number of nitrogen functional groups attached to an aromatic ring is 1. The topological polar surface area (TPSA) is 125 Å². The number of hydrogen-bond acceptors (Lipinski definition) is 7. The summed E-state index contributed by atoms with van der Waals surface area (Å²) in [6.45, 7) is 2.83. The molecule has 0 saturated heterocycles. The summed E-state index contributed by atoms with van der Waals surface area (Å²) in [6.07, 6.45) is 1.41. The van der Waals surface area contributed by atoms with Crippen LogP contribution in [0.15, 0.2) is 54.7 Å². The van der Waals surface area contributed by atoms with E-state index >= 15 is 0 Å². The third kappa shape index (κ3) is 4.56. The van der Waals surface area contributed by atoms with Crippen molar-refractivity contribution in [2.24, 2.45) is 0 Å². The molecule has 1 aromatic heterocycles. The predicted molar refractivity (Wildman–Crippen MR) is 122 cm³/mol. The number of aromatic nitrogens is 2. The smallest absolute Gasteiger partial charge is 0.253 e. The Labute approximate surface area is 186 Å². The van der Waals surface area contributed by atoms with Crippen molar-refractivity contribution in [3.8, 4) is 0 Å². The number of rotatable bonds is 6. The molecule has 32 heavy (non-hydrogen) atoms. The number of aliphatic hydroxyl groups is 2. The number of carbonyl (C=O) groups is 1. The van der Waals surface area contributed by atoms with Crippen LogP contribution in [0.25, 0.3) is 0 Å². The molecule has 8 heteroatoms. The molecule has 0 spiro atoms. The Hall–Kier alpha value is -3.49. The SMILES string of the molecule is Cc1ccc(C(=O)N[C@@H](CO)[C@@H](O)c2ccccc2)c(N2CCc3nc(N)ncc3C2)c1. The summed E-state index contributed by atoms with van der Waals surface area (Å²) in [5.74, 6) is -0.0896. The van der Waals surface area contributed by atoms with Gasteiger partial charge in [-0.15, -0.1) is 0 Å². The van der Waals surface area contributed by atoms with Crippen molar-refractivity contribution in [2.45, 2.75) is 32.0 Å². The molecule has 5 N–H and O–H groups in total. The van der Waals surface area contributed by atoms with E-state index in [9.17, 15) is 15.0 Å². The number of aliphatic hydroxyl groups excluding tert-OH is 2. The third-order valence-electron chi connectivity index (χ3n) is 5.73. The monoisotopic (exact) mass is 433 g/mol. The van der Waals surface area contributed by atoms with Crippen LogP contribution in [0.2, 0.25) is 0 Å². The van der Waals surface area contributed by atoms with Gasteiger partial charge in [0.25, 0.3) is 5.91 Å². The highest BCUT2D eigenvalue weighted by atomic mass is 16.3. The molecule has 0 aliphatic carbocycles. The Morgan fingerprint density at radius 2 is 2.03 bits per heavy atom. The lowest BCUT2D eigenvalue weighted by molar-refractivity contribution is 0.0703. The van der Waals surface area contributed by atoms with Crippen LogP contribution in [0.5, 0.6) is 0 Å². The molecule has 8 nitrogen and oxygen atoms in total. The average molecular weight is 434 g/mol. The Balaban J connectivity index is 1.57. The molecule has 0 unspecified atom stereocenters. The molecular weight excluding hydrogens is 406 g/mol. The fourth-order valence-corrected chi connectivity index (χ4v) is 3.99. The molecule has 3 aromatic rings. The quantitative estimate of drug-likeness (QED) is 0.467. The van der Waals surface area contributed by atoms with E-state index in [1.165, 1.54) is 0 Å². The van der Waals surface area contributed by atoms with E-state index in [2.05, 4.69) is 20.2 Å². The van der Waals surface area contributed by atoms with Crippen LogP contribution < -0.4 is 16.0 Å². The minimum absolute atomic E-state index is 0.264. The normalized spacial score (nSPS) is 15.0. The van der Waals surface area contributed by atoms with Crippen molar-refractivity contribution in [1.82, 2.24) is 15.3 Å². The molecule has 1 aliphatic rings. The second kappa shape index (κ2) is 9.33. The molecule has 0 bridgehead atoms. The molecule has 2 aromatic carbocycles. The highest BCUT2D eigenvalue weighted by molar-refractivity contribution is 6.00. The van der Waals surface area contributed by atoms with E-state index in [1.807, 2.05) is 25.1 Å². The fraction of sp³-hybridized carbons (Fsp3) is 0.292. The number of nitrogens with zero attached hydrogens (tertiary/aromatic N) is 3. The van der Waals surface area contributed by atoms with Crippen LogP contribution >= 0.6 is 0 Å². The first-order valence-corrected chi connectivity index (χ1v) is 10.6. The average Bonchev–Trinajstić information content (AvgIpc) is 2.82. The summed E-state index contributed by atoms with van der Waals surface area (Å²) in [5, 5.41) is 23.3. The molecule has 166 valence electrons. The lowest BCUT2D eigenvalue weighted by atomic mass is 10.0. The highest BCUT2D eigenvalue weighted by Gasteiger charge is 2.26. The minimum atomic E-state index is -1.02. The van der Waals surface area contributed by atoms with Crippen LogP contribution in [0, 0.1) is 6.92 Å². The van der Waals surface area contributed by atoms with Gasteiger partial charge in [0.15, 0.2) is 0 Å². The van der Waals surface area contributed by atoms with Crippen molar-refractivity contribution < 1.29 is 15.0 Å². The second-order valence-electron chi connectivity index (χ2n) is 8.01. The van der Waals surface area contributed by atoms with Crippen LogP contribution in [0.1, 0.15) is 38.8 Å². The van der Waals surface area contributed by atoms with Crippen molar-refractivity contribution in [2.75, 3.05) is 23.8 Å². The first kappa shape index (κ1) is 21.7. The van der Waals surface area contributed by atoms with Gasteiger partial charge in [0.1, 0.15) is 6.10 Å². The van der Waals surface area contributed by atoms with Crippen LogP contribution in [0.3, 0.4) is 0 Å². The van der Waals surface area contributed by atoms with Gasteiger partial charge in [-0.2, -0.15) is 0 Å². The predicted octanol–water partition coefficient (Wildman–Crippen LogP) is 1.75. The van der Waals surface area contributed by atoms with Crippen LogP contribution in [-0.4, -0.2) is 45.3 Å². The molecule has 0 radical (unpaired) electrons. The summed E-state index contributed by atoms with van der Waals surface area (Å²) in [7, 11) is 0. The van der Waals surface area contributed by atoms with Gasteiger partial charge in [-0.3, -0.25) is 4.79 Å². The molecule has 2 heterocycles. The number of hydrogen-bond donors (Lipinski definition) is 4. The Morgan fingerprint density at radius 3 is 2.78 bits per heavy atom. The standard InChI is InChI=1S/C24H27N5O3/c1-15-7-8-18(23(32)27-20(14-30)22(31)16-5-3-2-4-6-16)21(11-15)29-10-9-19-17(13-29)12-26-24(25)28-19/h2-8,11-12,20,22,30-31H,9-10,13-14H2,1H3,(H,27,32)(H2,25,26,28)/t20-,22-/m0/s1. The largest absolute Gasteiger partial charge is 0.394 e. The first-order chi connectivity index (χ1) is 15.5. The van der Waals surface area contributed by atoms with Crippen LogP contribution in [-0.2, 0) is 13.0 Å². The van der Waals surface area contributed by atoms with Crippen molar-refractivity contribution >= 4 is 17.5 Å². The maximum atomic E-state index is 13.2. The van der Waals surface area contributed by atoms with Gasteiger partial charge in [-0.05, 0) is 30.2 Å². The van der Waals surface area contributed by atoms with Gasteiger partial charge in [0.05, 0.1) is 29.6 Å². The van der Waals surface area contributed by atoms with Crippen LogP contribution in [0.4, 0.5) is 11.6 Å². The summed E-state index contributed by atoms with van der Waals surface area (Å²) in [4.78, 5) is 23.8. The Morgan fingerprint density at radius 1 is 1.25 bits per heavy atom. The van der Waals surface area contributed by atoms with Gasteiger partial charge >= 0.3 is 0 Å². The highest BCUT2D eigenvalue weighted by Crippen LogP contribution is 2.28. The van der Waals surface area contributed by atoms with Gasteiger partial charge in [0, 0.05) is 31.3 Å². The lowest BCUT2D eigenvalue weighted by Crippen LogP contribution is -2.42. The van der Waals surface area contributed by atoms with E-state index < -0.39 is 18.8 Å². The maximum Gasteiger partial charge on any atom is 0.253 e. The number of amides is 1. The minimum Gasteiger partial charge on any atom is -0.394 e. The molecule has 1 amide bonds. The zero-order valence-electron chi connectivity index (χ0n) is 17.9. The molecule has 2 atom stereocenters. The summed E-state index contributed by atoms with van der Waals surface area (Å²) >= 11 is 0. The maximum absolute atomic E-state index is 13.2. The van der Waals surface area contributed by atoms with Crippen molar-refractivity contribution in [1.29, 1.82) is 0 Å². The zero-order valence-corrected chi connectivity index (χ0v) is 17.9. The number of fused-ring (bicyclic) bond motifs is 1. The number of nitrogens with two attached hydrogens (primary N) is 1. The number of carbonyl (C=O) groups excluding carboxylic acids is 1. The van der Waals surface area contributed by atoms with E-state index in [-0.39, 0.29) is 11.9 Å². The first-order valence-electron chi connectivity index (χ1n) is 10.6. The fourth-order valence-electron chi connectivity index (χ4n) is 3.99. The van der Waals surface area contributed by atoms with Gasteiger partial charge in [0.2, 0.25) is 5.95 Å². The molecule has 4 rings (SSSR count). The van der Waals surface area contributed by atoms with E-state index in [1.54, 1.807) is 36.5 Å². The summed E-state index contributed by atoms with van der Waals surface area (Å²) < 4.78 is 0. The Kier molecular flexibility index (Phi) is 6.34. The van der Waals surface area contributed by atoms with Crippen molar-refractivity contribution in [3.05, 3.63) is 82.7 Å². The third-order valence-corrected chi connectivity index (χ3v) is 5.73. The number of benzene rings is 2. The summed E-state index contributed by atoms with van der Waals surface area (Å²) in [5.41, 5.74) is 10.5. The van der Waals surface area contributed by atoms with Crippen molar-refractivity contribution in [3.63, 3.8) is 0 Å². The van der Waals surface area contributed by atoms with Gasteiger partial charge in [-0.25, -0.2) is 9.97 Å². The van der Waals surface area contributed by atoms with E-state index in [0.29, 0.717) is 30.6 Å². The van der Waals surface area contributed by atoms with Gasteiger partial charge in [-0.1, -0.05) is 36.4 Å². The lowest BCUT2D eigenvalue weighted by Gasteiger charge is -2.32. The summed E-state index contributed by atoms with van der Waals surface area (Å²) in [6, 6.07) is 13.8. The van der Waals surface area contributed by atoms with Gasteiger partial charge < -0.3 is 26.2 Å². The number of nitrogens with one attached hydrogen (secondary N) is 1. The Bertz CT molecular complexity index is 1110. The van der Waals surface area contributed by atoms with E-state index in [4.69, 9.17) is 5.73 Å². The zero-order chi connectivity index (χ0) is 22.7. The molecule has 0 saturated carbocycles. The molecular formula is C24H27N5O3. The molecule has 1 aliphatic heterocycles. The number of anilines is 2. The molecule has 0 fully saturated rings. The second-order valence-corrected chi connectivity index (χ2v) is 8.01. The van der Waals surface area contributed by atoms with E-state index in [0.717, 1.165) is 22.5 Å².